The van der Waals surface area contributed by atoms with E-state index in [9.17, 15) is 0 Å². The number of methoxy groups -OCH3 is 1. The predicted molar refractivity (Wildman–Crippen MR) is 73.7 cm³/mol. The second-order valence-electron chi connectivity index (χ2n) is 5.30. The Kier molecular flexibility index (Phi) is 3.73. The number of hydrogen-bond donors (Lipinski definition) is 1. The van der Waals surface area contributed by atoms with Gasteiger partial charge in [-0.2, -0.15) is 0 Å². The fourth-order valence-electron chi connectivity index (χ4n) is 2.18. The second kappa shape index (κ2) is 5.12. The quantitative estimate of drug-likeness (QED) is 0.880. The molecular formula is C15H21NO2. The first-order valence-corrected chi connectivity index (χ1v) is 6.24. The molecule has 0 bridgehead atoms. The lowest BCUT2D eigenvalue weighted by atomic mass is 10.1. The zero-order valence-corrected chi connectivity index (χ0v) is 11.5. The number of nitrogens with one attached hydrogen (secondary N) is 1. The molecule has 98 valence electrons. The van der Waals surface area contributed by atoms with Crippen LogP contribution in [0.4, 0.5) is 0 Å². The first-order chi connectivity index (χ1) is 8.53. The van der Waals surface area contributed by atoms with Crippen molar-refractivity contribution in [2.75, 3.05) is 13.7 Å². The van der Waals surface area contributed by atoms with Gasteiger partial charge in [0.15, 0.2) is 0 Å². The molecule has 0 amide bonds. The lowest BCUT2D eigenvalue weighted by Gasteiger charge is -2.25. The molecule has 0 saturated heterocycles. The summed E-state index contributed by atoms with van der Waals surface area (Å²) in [6.45, 7) is 7.75. The van der Waals surface area contributed by atoms with Crippen LogP contribution in [0.2, 0.25) is 0 Å². The summed E-state index contributed by atoms with van der Waals surface area (Å²) in [5, 5.41) is 4.70. The molecule has 1 aromatic carbocycles. The van der Waals surface area contributed by atoms with E-state index in [1.807, 2.05) is 25.1 Å². The minimum Gasteiger partial charge on any atom is -0.461 e. The van der Waals surface area contributed by atoms with Gasteiger partial charge in [0.1, 0.15) is 11.3 Å². The van der Waals surface area contributed by atoms with Gasteiger partial charge in [-0.05, 0) is 26.8 Å². The molecule has 0 aliphatic carbocycles. The zero-order valence-electron chi connectivity index (χ0n) is 11.5. The van der Waals surface area contributed by atoms with E-state index in [1.54, 1.807) is 7.11 Å². The summed E-state index contributed by atoms with van der Waals surface area (Å²) in [6.07, 6.45) is 0. The topological polar surface area (TPSA) is 34.4 Å². The van der Waals surface area contributed by atoms with Crippen molar-refractivity contribution in [1.82, 2.24) is 5.32 Å². The fourth-order valence-corrected chi connectivity index (χ4v) is 2.18. The van der Waals surface area contributed by atoms with Crippen LogP contribution < -0.4 is 5.32 Å². The number of fused-ring (bicyclic) bond motifs is 1. The van der Waals surface area contributed by atoms with Crippen molar-refractivity contribution < 1.29 is 9.15 Å². The van der Waals surface area contributed by atoms with Crippen LogP contribution >= 0.6 is 0 Å². The van der Waals surface area contributed by atoms with Gasteiger partial charge in [-0.25, -0.2) is 0 Å². The Morgan fingerprint density at radius 1 is 1.28 bits per heavy atom. The Bertz CT molecular complexity index is 528. The van der Waals surface area contributed by atoms with Crippen LogP contribution in [0.3, 0.4) is 0 Å². The van der Waals surface area contributed by atoms with E-state index in [0.29, 0.717) is 6.61 Å². The molecule has 0 radical (unpaired) electrons. The maximum Gasteiger partial charge on any atom is 0.134 e. The third kappa shape index (κ3) is 2.74. The maximum atomic E-state index is 5.75. The van der Waals surface area contributed by atoms with Gasteiger partial charge in [-0.3, -0.25) is 0 Å². The molecule has 2 aromatic rings. The highest BCUT2D eigenvalue weighted by Crippen LogP contribution is 2.25. The smallest absolute Gasteiger partial charge is 0.134 e. The largest absolute Gasteiger partial charge is 0.461 e. The van der Waals surface area contributed by atoms with E-state index in [2.05, 4.69) is 25.2 Å². The third-order valence-electron chi connectivity index (χ3n) is 3.15. The summed E-state index contributed by atoms with van der Waals surface area (Å²) in [4.78, 5) is 0. The Labute approximate surface area is 108 Å². The summed E-state index contributed by atoms with van der Waals surface area (Å²) >= 11 is 0. The highest BCUT2D eigenvalue weighted by Gasteiger charge is 2.18. The molecule has 0 fully saturated rings. The first kappa shape index (κ1) is 13.1. The van der Waals surface area contributed by atoms with E-state index in [4.69, 9.17) is 9.15 Å². The third-order valence-corrected chi connectivity index (χ3v) is 3.15. The van der Waals surface area contributed by atoms with Gasteiger partial charge in [-0.1, -0.05) is 18.2 Å². The van der Waals surface area contributed by atoms with Crippen LogP contribution in [-0.4, -0.2) is 19.3 Å². The number of ether oxygens (including phenoxy) is 1. The standard InChI is InChI=1S/C15H21NO2/c1-11-13(9-16-15(2,3)10-17-4)12-7-5-6-8-14(12)18-11/h5-8,16H,9-10H2,1-4H3. The highest BCUT2D eigenvalue weighted by atomic mass is 16.5. The number of para-hydroxylation sites is 1. The van der Waals surface area contributed by atoms with Gasteiger partial charge in [0.25, 0.3) is 0 Å². The van der Waals surface area contributed by atoms with Crippen molar-refractivity contribution in [3.05, 3.63) is 35.6 Å². The average Bonchev–Trinajstić information content (AvgIpc) is 2.62. The molecule has 1 aromatic heterocycles. The molecule has 1 heterocycles. The Morgan fingerprint density at radius 3 is 2.72 bits per heavy atom. The minimum absolute atomic E-state index is 0.0421. The molecule has 3 heteroatoms. The molecule has 1 N–H and O–H groups in total. The van der Waals surface area contributed by atoms with Crippen LogP contribution in [0, 0.1) is 6.92 Å². The summed E-state index contributed by atoms with van der Waals surface area (Å²) < 4.78 is 11.0. The van der Waals surface area contributed by atoms with Gasteiger partial charge in [0.2, 0.25) is 0 Å². The van der Waals surface area contributed by atoms with Crippen molar-refractivity contribution in [1.29, 1.82) is 0 Å². The summed E-state index contributed by atoms with van der Waals surface area (Å²) in [7, 11) is 1.72. The summed E-state index contributed by atoms with van der Waals surface area (Å²) in [6, 6.07) is 8.15. The van der Waals surface area contributed by atoms with Gasteiger partial charge in [0, 0.05) is 30.1 Å². The van der Waals surface area contributed by atoms with Crippen LogP contribution in [0.25, 0.3) is 11.0 Å². The van der Waals surface area contributed by atoms with Crippen molar-refractivity contribution in [3.8, 4) is 0 Å². The number of rotatable bonds is 5. The van der Waals surface area contributed by atoms with Crippen LogP contribution in [-0.2, 0) is 11.3 Å². The van der Waals surface area contributed by atoms with E-state index >= 15 is 0 Å². The molecule has 0 atom stereocenters. The van der Waals surface area contributed by atoms with E-state index in [0.717, 1.165) is 17.9 Å². The van der Waals surface area contributed by atoms with Crippen molar-refractivity contribution in [2.24, 2.45) is 0 Å². The lowest BCUT2D eigenvalue weighted by Crippen LogP contribution is -2.42. The van der Waals surface area contributed by atoms with Gasteiger partial charge >= 0.3 is 0 Å². The van der Waals surface area contributed by atoms with Crippen LogP contribution in [0.5, 0.6) is 0 Å². The molecule has 0 saturated carbocycles. The average molecular weight is 247 g/mol. The van der Waals surface area contributed by atoms with E-state index in [-0.39, 0.29) is 5.54 Å². The van der Waals surface area contributed by atoms with Crippen molar-refractivity contribution >= 4 is 11.0 Å². The molecule has 0 spiro atoms. The van der Waals surface area contributed by atoms with Gasteiger partial charge in [-0.15, -0.1) is 0 Å². The molecule has 0 aliphatic heterocycles. The summed E-state index contributed by atoms with van der Waals surface area (Å²) in [5.74, 6) is 0.983. The molecule has 2 rings (SSSR count). The van der Waals surface area contributed by atoms with Crippen molar-refractivity contribution in [2.45, 2.75) is 32.9 Å². The Balaban J connectivity index is 2.19. The van der Waals surface area contributed by atoms with Crippen molar-refractivity contribution in [3.63, 3.8) is 0 Å². The molecule has 0 aliphatic rings. The number of benzene rings is 1. The minimum atomic E-state index is -0.0421. The van der Waals surface area contributed by atoms with Crippen LogP contribution in [0.15, 0.2) is 28.7 Å². The second-order valence-corrected chi connectivity index (χ2v) is 5.30. The van der Waals surface area contributed by atoms with E-state index in [1.165, 1.54) is 10.9 Å². The Hall–Kier alpha value is -1.32. The van der Waals surface area contributed by atoms with Crippen LogP contribution in [0.1, 0.15) is 25.2 Å². The first-order valence-electron chi connectivity index (χ1n) is 6.24. The normalized spacial score (nSPS) is 12.2. The summed E-state index contributed by atoms with van der Waals surface area (Å²) in [5.41, 5.74) is 2.14. The monoisotopic (exact) mass is 247 g/mol. The van der Waals surface area contributed by atoms with Gasteiger partial charge < -0.3 is 14.5 Å². The molecular weight excluding hydrogens is 226 g/mol. The lowest BCUT2D eigenvalue weighted by molar-refractivity contribution is 0.127. The zero-order chi connectivity index (χ0) is 13.2. The fraction of sp³-hybridized carbons (Fsp3) is 0.467. The SMILES string of the molecule is COCC(C)(C)NCc1c(C)oc2ccccc12. The molecule has 3 nitrogen and oxygen atoms in total. The molecule has 0 unspecified atom stereocenters. The number of furan rings is 1. The maximum absolute atomic E-state index is 5.75. The number of hydrogen-bond acceptors (Lipinski definition) is 3. The number of aryl methyl sites for hydroxylation is 1. The molecule has 18 heavy (non-hydrogen) atoms. The van der Waals surface area contributed by atoms with Gasteiger partial charge in [0.05, 0.1) is 6.61 Å². The van der Waals surface area contributed by atoms with E-state index < -0.39 is 0 Å². The highest BCUT2D eigenvalue weighted by molar-refractivity contribution is 5.82. The predicted octanol–water partition coefficient (Wildman–Crippen LogP) is 3.26. The Morgan fingerprint density at radius 2 is 2.00 bits per heavy atom.